The number of nitrogens with zero attached hydrogens (tertiary/aromatic N) is 2. The average molecular weight is 389 g/mol. The average Bonchev–Trinajstić information content (AvgIpc) is 3.05. The summed E-state index contributed by atoms with van der Waals surface area (Å²) >= 11 is 5.40. The first-order chi connectivity index (χ1) is 13.0. The number of hydrogen-bond donors (Lipinski definition) is 2. The van der Waals surface area contributed by atoms with Crippen molar-refractivity contribution >= 4 is 34.6 Å². The van der Waals surface area contributed by atoms with Crippen LogP contribution in [-0.2, 0) is 4.79 Å². The van der Waals surface area contributed by atoms with Gasteiger partial charge in [0.05, 0.1) is 0 Å². The number of rotatable bonds is 6. The molecule has 2 fully saturated rings. The largest absolute Gasteiger partial charge is 0.362 e. The van der Waals surface area contributed by atoms with Crippen LogP contribution in [0, 0.1) is 11.8 Å². The lowest BCUT2D eigenvalue weighted by atomic mass is 9.92. The van der Waals surface area contributed by atoms with Crippen LogP contribution in [0.1, 0.15) is 39.5 Å². The number of thiocarbonyl (C=S) groups is 1. The highest BCUT2D eigenvalue weighted by molar-refractivity contribution is 7.80. The minimum Gasteiger partial charge on any atom is -0.362 e. The van der Waals surface area contributed by atoms with Crippen LogP contribution < -0.4 is 15.5 Å². The Balaban J connectivity index is 1.36. The molecule has 27 heavy (non-hydrogen) atoms. The first-order valence-electron chi connectivity index (χ1n) is 10.2. The summed E-state index contributed by atoms with van der Waals surface area (Å²) in [5.74, 6) is 1.83. The fourth-order valence-electron chi connectivity index (χ4n) is 4.30. The standard InChI is InChI=1S/C21H32N4OS/c1-16-13-17(2)15-24(14-16)11-4-10-22-21(27)23-18-6-8-19(9-7-18)25-12-3-5-20(25)26/h6-9,16-17H,3-5,10-15H2,1-2H3,(H2,22,23,27)/t16-,17-/m0/s1. The van der Waals surface area contributed by atoms with Crippen molar-refractivity contribution in [2.75, 3.05) is 42.9 Å². The van der Waals surface area contributed by atoms with Gasteiger partial charge in [-0.3, -0.25) is 4.79 Å². The lowest BCUT2D eigenvalue weighted by Gasteiger charge is -2.35. The summed E-state index contributed by atoms with van der Waals surface area (Å²) in [4.78, 5) is 16.2. The summed E-state index contributed by atoms with van der Waals surface area (Å²) in [6.45, 7) is 9.97. The van der Waals surface area contributed by atoms with Crippen LogP contribution in [0.25, 0.3) is 0 Å². The van der Waals surface area contributed by atoms with E-state index >= 15 is 0 Å². The first kappa shape index (κ1) is 20.1. The molecule has 0 unspecified atom stereocenters. The zero-order valence-corrected chi connectivity index (χ0v) is 17.4. The third kappa shape index (κ3) is 5.91. The number of piperidine rings is 1. The van der Waals surface area contributed by atoms with E-state index in [1.165, 1.54) is 19.5 Å². The first-order valence-corrected chi connectivity index (χ1v) is 10.6. The number of carbonyl (C=O) groups excluding carboxylic acids is 1. The monoisotopic (exact) mass is 388 g/mol. The zero-order valence-electron chi connectivity index (χ0n) is 16.5. The molecule has 1 aromatic rings. The second kappa shape index (κ2) is 9.51. The Morgan fingerprint density at radius 3 is 2.52 bits per heavy atom. The Morgan fingerprint density at radius 1 is 1.19 bits per heavy atom. The van der Waals surface area contributed by atoms with Gasteiger partial charge in [-0.05, 0) is 74.1 Å². The number of amides is 1. The number of carbonyl (C=O) groups is 1. The van der Waals surface area contributed by atoms with Crippen LogP contribution in [0.15, 0.2) is 24.3 Å². The van der Waals surface area contributed by atoms with Crippen LogP contribution in [0.2, 0.25) is 0 Å². The lowest BCUT2D eigenvalue weighted by Crippen LogP contribution is -2.40. The van der Waals surface area contributed by atoms with Gasteiger partial charge >= 0.3 is 0 Å². The van der Waals surface area contributed by atoms with Gasteiger partial charge in [0.15, 0.2) is 5.11 Å². The third-order valence-electron chi connectivity index (χ3n) is 5.39. The van der Waals surface area contributed by atoms with E-state index in [1.807, 2.05) is 29.2 Å². The second-order valence-electron chi connectivity index (χ2n) is 8.14. The van der Waals surface area contributed by atoms with Crippen LogP contribution in [0.3, 0.4) is 0 Å². The molecule has 0 saturated carbocycles. The quantitative estimate of drug-likeness (QED) is 0.577. The highest BCUT2D eigenvalue weighted by Gasteiger charge is 2.22. The molecule has 1 amide bonds. The van der Waals surface area contributed by atoms with Crippen molar-refractivity contribution in [3.05, 3.63) is 24.3 Å². The summed E-state index contributed by atoms with van der Waals surface area (Å²) in [5, 5.41) is 7.18. The number of nitrogens with one attached hydrogen (secondary N) is 2. The molecule has 2 N–H and O–H groups in total. The maximum atomic E-state index is 11.8. The molecule has 1 aromatic carbocycles. The van der Waals surface area contributed by atoms with E-state index in [0.29, 0.717) is 11.5 Å². The predicted molar refractivity (Wildman–Crippen MR) is 116 cm³/mol. The molecule has 0 aromatic heterocycles. The maximum Gasteiger partial charge on any atom is 0.227 e. The minimum atomic E-state index is 0.213. The number of anilines is 2. The molecule has 0 spiro atoms. The smallest absolute Gasteiger partial charge is 0.227 e. The Hall–Kier alpha value is -1.66. The van der Waals surface area contributed by atoms with E-state index in [0.717, 1.165) is 55.7 Å². The van der Waals surface area contributed by atoms with Crippen molar-refractivity contribution in [3.8, 4) is 0 Å². The molecule has 3 rings (SSSR count). The number of benzene rings is 1. The molecule has 2 saturated heterocycles. The summed E-state index contributed by atoms with van der Waals surface area (Å²) in [6, 6.07) is 7.91. The number of hydrogen-bond acceptors (Lipinski definition) is 3. The molecule has 6 heteroatoms. The predicted octanol–water partition coefficient (Wildman–Crippen LogP) is 3.47. The third-order valence-corrected chi connectivity index (χ3v) is 5.64. The Labute approximate surface area is 168 Å². The summed E-state index contributed by atoms with van der Waals surface area (Å²) in [7, 11) is 0. The van der Waals surface area contributed by atoms with Gasteiger partial charge in [0, 0.05) is 44.0 Å². The molecule has 2 aliphatic heterocycles. The molecule has 0 aliphatic carbocycles. The van der Waals surface area contributed by atoms with Gasteiger partial charge in [-0.25, -0.2) is 0 Å². The molecular formula is C21H32N4OS. The van der Waals surface area contributed by atoms with Gasteiger partial charge < -0.3 is 20.4 Å². The van der Waals surface area contributed by atoms with Crippen molar-refractivity contribution in [1.29, 1.82) is 0 Å². The summed E-state index contributed by atoms with van der Waals surface area (Å²) in [6.07, 6.45) is 4.05. The topological polar surface area (TPSA) is 47.6 Å². The fraction of sp³-hybridized carbons (Fsp3) is 0.619. The van der Waals surface area contributed by atoms with Gasteiger partial charge in [0.2, 0.25) is 5.91 Å². The van der Waals surface area contributed by atoms with Crippen molar-refractivity contribution < 1.29 is 4.79 Å². The van der Waals surface area contributed by atoms with Gasteiger partial charge in [-0.2, -0.15) is 0 Å². The molecule has 0 bridgehead atoms. The molecule has 148 valence electrons. The van der Waals surface area contributed by atoms with Crippen LogP contribution in [0.4, 0.5) is 11.4 Å². The Bertz CT molecular complexity index is 638. The molecule has 2 atom stereocenters. The Morgan fingerprint density at radius 2 is 1.89 bits per heavy atom. The van der Waals surface area contributed by atoms with Crippen LogP contribution in [-0.4, -0.2) is 48.6 Å². The molecule has 2 heterocycles. The lowest BCUT2D eigenvalue weighted by molar-refractivity contribution is -0.117. The van der Waals surface area contributed by atoms with E-state index in [4.69, 9.17) is 12.2 Å². The van der Waals surface area contributed by atoms with Crippen molar-refractivity contribution in [1.82, 2.24) is 10.2 Å². The van der Waals surface area contributed by atoms with E-state index < -0.39 is 0 Å². The van der Waals surface area contributed by atoms with Gasteiger partial charge in [-0.15, -0.1) is 0 Å². The SMILES string of the molecule is C[C@H]1C[C@H](C)CN(CCCNC(=S)Nc2ccc(N3CCCC3=O)cc2)C1. The van der Waals surface area contributed by atoms with Gasteiger partial charge in [0.25, 0.3) is 0 Å². The molecular weight excluding hydrogens is 356 g/mol. The van der Waals surface area contributed by atoms with Crippen molar-refractivity contribution in [2.45, 2.75) is 39.5 Å². The minimum absolute atomic E-state index is 0.213. The van der Waals surface area contributed by atoms with Crippen molar-refractivity contribution in [3.63, 3.8) is 0 Å². The normalized spacial score (nSPS) is 23.5. The van der Waals surface area contributed by atoms with Crippen LogP contribution >= 0.6 is 12.2 Å². The Kier molecular flexibility index (Phi) is 7.07. The van der Waals surface area contributed by atoms with E-state index in [9.17, 15) is 4.79 Å². The highest BCUT2D eigenvalue weighted by Crippen LogP contribution is 2.23. The highest BCUT2D eigenvalue weighted by atomic mass is 32.1. The number of likely N-dealkylation sites (tertiary alicyclic amines) is 1. The van der Waals surface area contributed by atoms with Crippen LogP contribution in [0.5, 0.6) is 0 Å². The maximum absolute atomic E-state index is 11.8. The van der Waals surface area contributed by atoms with Crippen molar-refractivity contribution in [2.24, 2.45) is 11.8 Å². The van der Waals surface area contributed by atoms with E-state index in [1.54, 1.807) is 0 Å². The zero-order chi connectivity index (χ0) is 19.2. The molecule has 2 aliphatic rings. The van der Waals surface area contributed by atoms with E-state index in [2.05, 4.69) is 29.4 Å². The van der Waals surface area contributed by atoms with Gasteiger partial charge in [-0.1, -0.05) is 13.8 Å². The summed E-state index contributed by atoms with van der Waals surface area (Å²) < 4.78 is 0. The summed E-state index contributed by atoms with van der Waals surface area (Å²) in [5.41, 5.74) is 1.91. The fourth-order valence-corrected chi connectivity index (χ4v) is 4.52. The van der Waals surface area contributed by atoms with E-state index in [-0.39, 0.29) is 5.91 Å². The molecule has 5 nitrogen and oxygen atoms in total. The molecule has 0 radical (unpaired) electrons. The van der Waals surface area contributed by atoms with Gasteiger partial charge in [0.1, 0.15) is 0 Å². The second-order valence-corrected chi connectivity index (χ2v) is 8.54.